The van der Waals surface area contributed by atoms with Crippen molar-refractivity contribution in [2.24, 2.45) is 0 Å². The van der Waals surface area contributed by atoms with Crippen LogP contribution in [0, 0.1) is 0 Å². The van der Waals surface area contributed by atoms with Crippen LogP contribution >= 0.6 is 7.82 Å². The third-order valence-corrected chi connectivity index (χ3v) is 11.7. The first-order valence-corrected chi connectivity index (χ1v) is 25.9. The number of carbonyl (C=O) groups is 3. The van der Waals surface area contributed by atoms with E-state index in [2.05, 4.69) is 43.5 Å². The maximum atomic E-state index is 12.4. The first kappa shape index (κ1) is 58.0. The minimum atomic E-state index is -4.76. The lowest BCUT2D eigenvalue weighted by Gasteiger charge is -2.18. The Morgan fingerprint density at radius 1 is 0.533 bits per heavy atom. The summed E-state index contributed by atoms with van der Waals surface area (Å²) in [5.74, 6) is -2.36. The predicted molar refractivity (Wildman–Crippen MR) is 245 cm³/mol. The number of hydrogen-bond acceptors (Lipinski definition) is 8. The molecule has 0 bridgehead atoms. The summed E-state index contributed by atoms with van der Waals surface area (Å²) < 4.78 is 26.9. The van der Waals surface area contributed by atoms with E-state index in [4.69, 9.17) is 13.8 Å². The minimum absolute atomic E-state index is 0.145. The molecule has 4 N–H and O–H groups in total. The molecule has 0 aliphatic carbocycles. The van der Waals surface area contributed by atoms with Crippen molar-refractivity contribution in [2.75, 3.05) is 19.8 Å². The Balaban J connectivity index is 3.84. The summed E-state index contributed by atoms with van der Waals surface area (Å²) in [5.41, 5.74) is 0. The quantitative estimate of drug-likeness (QED) is 0.0200. The molecule has 0 aliphatic heterocycles. The molecule has 0 aliphatic rings. The highest BCUT2D eigenvalue weighted by atomic mass is 31.2. The average Bonchev–Trinajstić information content (AvgIpc) is 3.22. The number of allylic oxidation sites excluding steroid dienone is 4. The zero-order valence-corrected chi connectivity index (χ0v) is 39.2. The second-order valence-electron chi connectivity index (χ2n) is 16.7. The van der Waals surface area contributed by atoms with Crippen LogP contribution in [0.2, 0.25) is 0 Å². The van der Waals surface area contributed by atoms with Crippen molar-refractivity contribution < 1.29 is 47.8 Å². The molecule has 0 heterocycles. The number of rotatable bonds is 46. The average molecular weight is 872 g/mol. The summed E-state index contributed by atoms with van der Waals surface area (Å²) in [6, 6.07) is -1.55. The lowest BCUT2D eigenvalue weighted by Crippen LogP contribution is -2.43. The zero-order valence-electron chi connectivity index (χ0n) is 38.3. The van der Waals surface area contributed by atoms with Crippen molar-refractivity contribution in [1.29, 1.82) is 0 Å². The van der Waals surface area contributed by atoms with Crippen molar-refractivity contribution >= 4 is 25.7 Å². The number of phosphoric acid groups is 1. The number of carbonyl (C=O) groups excluding carboxylic acids is 2. The van der Waals surface area contributed by atoms with Gasteiger partial charge in [-0.2, -0.15) is 0 Å². The Kier molecular flexibility index (Phi) is 42.1. The molecule has 0 aromatic rings. The molecule has 0 saturated carbocycles. The number of aliphatic hydroxyl groups excluding tert-OH is 1. The van der Waals surface area contributed by atoms with Gasteiger partial charge in [-0.05, 0) is 44.9 Å². The summed E-state index contributed by atoms with van der Waals surface area (Å²) in [6.45, 7) is 2.60. The Bertz CT molecular complexity index is 1120. The van der Waals surface area contributed by atoms with Gasteiger partial charge in [-0.1, -0.05) is 199 Å². The van der Waals surface area contributed by atoms with Gasteiger partial charge in [-0.3, -0.25) is 18.6 Å². The second kappa shape index (κ2) is 43.6. The number of carboxylic acid groups (broad SMARTS) is 1. The van der Waals surface area contributed by atoms with Crippen LogP contribution in [-0.4, -0.2) is 64.9 Å². The number of phosphoric ester groups is 1. The number of aliphatic carboxylic acids is 1. The summed E-state index contributed by atoms with van der Waals surface area (Å²) in [6.07, 6.45) is 46.2. The van der Waals surface area contributed by atoms with E-state index in [9.17, 15) is 34.1 Å². The molecule has 0 rings (SSSR count). The molecule has 11 nitrogen and oxygen atoms in total. The largest absolute Gasteiger partial charge is 0.480 e. The predicted octanol–water partition coefficient (Wildman–Crippen LogP) is 13.0. The highest BCUT2D eigenvalue weighted by molar-refractivity contribution is 7.47. The van der Waals surface area contributed by atoms with Crippen LogP contribution < -0.4 is 5.32 Å². The van der Waals surface area contributed by atoms with Gasteiger partial charge in [0.05, 0.1) is 13.2 Å². The standard InChI is InChI=1S/C48H90NO10P/c1-3-5-7-9-11-13-15-17-19-20-21-22-23-24-26-27-29-31-33-35-37-39-46(51)49-45(48(53)54)43-59-60(55,56)58-42-44(50)41-57-47(52)40-38-36-34-32-30-28-25-18-16-14-12-10-8-6-4-2/h11,13,17,19,44-45,50H,3-10,12,14-16,18,20-43H2,1-2H3,(H,49,51)(H,53,54)(H,55,56)/b13-11-,19-17-. The zero-order chi connectivity index (χ0) is 44.2. The molecule has 12 heteroatoms. The lowest BCUT2D eigenvalue weighted by molar-refractivity contribution is -0.147. The number of aliphatic hydroxyl groups is 1. The molecule has 60 heavy (non-hydrogen) atoms. The van der Waals surface area contributed by atoms with Gasteiger partial charge in [0.1, 0.15) is 12.7 Å². The molecule has 0 aromatic heterocycles. The SMILES string of the molecule is CCCCC/C=C\C/C=C\CCCCCCCCCCCCCC(=O)NC(COP(=O)(O)OCC(O)COC(=O)CCCCCCCCCCCCCCCCC)C(=O)O. The number of hydrogen-bond donors (Lipinski definition) is 4. The van der Waals surface area contributed by atoms with Gasteiger partial charge in [-0.15, -0.1) is 0 Å². The van der Waals surface area contributed by atoms with Crippen molar-refractivity contribution in [3.63, 3.8) is 0 Å². The topological polar surface area (TPSA) is 169 Å². The van der Waals surface area contributed by atoms with Crippen molar-refractivity contribution in [3.05, 3.63) is 24.3 Å². The Labute approximate surface area is 366 Å². The first-order valence-electron chi connectivity index (χ1n) is 24.4. The first-order chi connectivity index (χ1) is 29.1. The van der Waals surface area contributed by atoms with Crippen LogP contribution in [0.3, 0.4) is 0 Å². The molecule has 1 amide bonds. The summed E-state index contributed by atoms with van der Waals surface area (Å²) in [5, 5.41) is 21.9. The molecule has 352 valence electrons. The van der Waals surface area contributed by atoms with Crippen LogP contribution in [0.1, 0.15) is 232 Å². The number of esters is 1. The Morgan fingerprint density at radius 2 is 0.917 bits per heavy atom. The van der Waals surface area contributed by atoms with Crippen molar-refractivity contribution in [1.82, 2.24) is 5.32 Å². The van der Waals surface area contributed by atoms with Gasteiger partial charge in [-0.25, -0.2) is 9.36 Å². The van der Waals surface area contributed by atoms with E-state index in [0.29, 0.717) is 12.8 Å². The molecule has 3 unspecified atom stereocenters. The van der Waals surface area contributed by atoms with Gasteiger partial charge in [0.2, 0.25) is 5.91 Å². The van der Waals surface area contributed by atoms with E-state index in [-0.39, 0.29) is 12.8 Å². The monoisotopic (exact) mass is 872 g/mol. The number of nitrogens with one attached hydrogen (secondary N) is 1. The van der Waals surface area contributed by atoms with Gasteiger partial charge in [0.15, 0.2) is 6.04 Å². The van der Waals surface area contributed by atoms with E-state index in [0.717, 1.165) is 44.9 Å². The van der Waals surface area contributed by atoms with Crippen molar-refractivity contribution in [3.8, 4) is 0 Å². The summed E-state index contributed by atoms with van der Waals surface area (Å²) in [4.78, 5) is 46.0. The molecule has 0 fully saturated rings. The molecule has 0 saturated heterocycles. The van der Waals surface area contributed by atoms with Crippen LogP contribution in [-0.2, 0) is 32.7 Å². The van der Waals surface area contributed by atoms with Gasteiger partial charge in [0, 0.05) is 12.8 Å². The molecule has 0 radical (unpaired) electrons. The highest BCUT2D eigenvalue weighted by Crippen LogP contribution is 2.43. The molecular formula is C48H90NO10P. The van der Waals surface area contributed by atoms with E-state index in [1.165, 1.54) is 148 Å². The number of carboxylic acids is 1. The van der Waals surface area contributed by atoms with E-state index >= 15 is 0 Å². The fraction of sp³-hybridized carbons (Fsp3) is 0.854. The molecule has 0 aromatic carbocycles. The fourth-order valence-corrected chi connectivity index (χ4v) is 7.71. The van der Waals surface area contributed by atoms with E-state index in [1.807, 2.05) is 0 Å². The Hall–Kier alpha value is -2.04. The third kappa shape index (κ3) is 42.6. The third-order valence-electron chi connectivity index (χ3n) is 10.7. The molecule has 3 atom stereocenters. The van der Waals surface area contributed by atoms with Crippen molar-refractivity contribution in [2.45, 2.75) is 244 Å². The number of ether oxygens (including phenoxy) is 1. The highest BCUT2D eigenvalue weighted by Gasteiger charge is 2.28. The van der Waals surface area contributed by atoms with E-state index in [1.54, 1.807) is 0 Å². The van der Waals surface area contributed by atoms with Crippen LogP contribution in [0.15, 0.2) is 24.3 Å². The van der Waals surface area contributed by atoms with Gasteiger partial charge >= 0.3 is 19.8 Å². The smallest absolute Gasteiger partial charge is 0.472 e. The lowest BCUT2D eigenvalue weighted by atomic mass is 10.0. The second-order valence-corrected chi connectivity index (χ2v) is 18.1. The Morgan fingerprint density at radius 3 is 1.38 bits per heavy atom. The van der Waals surface area contributed by atoms with E-state index < -0.39 is 57.6 Å². The van der Waals surface area contributed by atoms with Crippen LogP contribution in [0.5, 0.6) is 0 Å². The molecule has 0 spiro atoms. The number of amides is 1. The molecular weight excluding hydrogens is 781 g/mol. The minimum Gasteiger partial charge on any atom is -0.480 e. The van der Waals surface area contributed by atoms with Gasteiger partial charge in [0.25, 0.3) is 0 Å². The summed E-state index contributed by atoms with van der Waals surface area (Å²) >= 11 is 0. The van der Waals surface area contributed by atoms with Crippen LogP contribution in [0.25, 0.3) is 0 Å². The summed E-state index contributed by atoms with van der Waals surface area (Å²) in [7, 11) is -4.76. The normalized spacial score (nSPS) is 13.8. The van der Waals surface area contributed by atoms with Gasteiger partial charge < -0.3 is 25.2 Å². The fourth-order valence-electron chi connectivity index (χ4n) is 6.94. The van der Waals surface area contributed by atoms with Crippen LogP contribution in [0.4, 0.5) is 0 Å². The maximum absolute atomic E-state index is 12.4. The number of unbranched alkanes of at least 4 members (excludes halogenated alkanes) is 28. The maximum Gasteiger partial charge on any atom is 0.472 e.